The van der Waals surface area contributed by atoms with E-state index in [2.05, 4.69) is 22.1 Å². The summed E-state index contributed by atoms with van der Waals surface area (Å²) in [7, 11) is 0. The number of aromatic nitrogens is 2. The number of nitrogens with zero attached hydrogens (tertiary/aromatic N) is 1. The molecule has 0 unspecified atom stereocenters. The van der Waals surface area contributed by atoms with Crippen LogP contribution in [0.15, 0.2) is 24.7 Å². The van der Waals surface area contributed by atoms with Crippen molar-refractivity contribution in [1.82, 2.24) is 9.97 Å². The van der Waals surface area contributed by atoms with E-state index in [1.54, 1.807) is 6.33 Å². The second kappa shape index (κ2) is 5.73. The second-order valence-electron chi connectivity index (χ2n) is 6.02. The third kappa shape index (κ3) is 3.04. The van der Waals surface area contributed by atoms with Crippen LogP contribution in [0.2, 0.25) is 0 Å². The fraction of sp³-hybridized carbons (Fsp3) is 0.688. The highest BCUT2D eigenvalue weighted by atomic mass is 14.9. The minimum Gasteiger partial charge on any atom is -0.348 e. The number of aromatic amines is 1. The van der Waals surface area contributed by atoms with E-state index in [9.17, 15) is 0 Å². The molecule has 1 aromatic heterocycles. The van der Waals surface area contributed by atoms with Gasteiger partial charge in [-0.05, 0) is 31.1 Å². The highest BCUT2D eigenvalue weighted by Crippen LogP contribution is 2.47. The van der Waals surface area contributed by atoms with Crippen molar-refractivity contribution in [3.63, 3.8) is 0 Å². The van der Waals surface area contributed by atoms with Gasteiger partial charge in [0.15, 0.2) is 0 Å². The molecule has 2 fully saturated rings. The zero-order valence-electron chi connectivity index (χ0n) is 11.1. The fourth-order valence-electron chi connectivity index (χ4n) is 3.33. The molecule has 2 aliphatic carbocycles. The SMILES string of the molecule is C(=C\[C@@H]1C[C@@H]1c1cnc[nH]1)/CCC1CCCCC1. The zero-order chi connectivity index (χ0) is 12.2. The number of hydrogen-bond acceptors (Lipinski definition) is 1. The standard InChI is InChI=1S/C16H24N2/c1-2-6-13(7-3-1)8-4-5-9-14-10-15(14)16-11-17-12-18-16/h5,9,11-15H,1-4,6-8,10H2,(H,17,18)/b9-5+/t14-,15+/m1/s1. The van der Waals surface area contributed by atoms with Crippen molar-refractivity contribution in [3.05, 3.63) is 30.4 Å². The van der Waals surface area contributed by atoms with Crippen LogP contribution < -0.4 is 0 Å². The third-order valence-electron chi connectivity index (χ3n) is 4.61. The van der Waals surface area contributed by atoms with Crippen LogP contribution in [0, 0.1) is 11.8 Å². The summed E-state index contributed by atoms with van der Waals surface area (Å²) in [4.78, 5) is 7.32. The van der Waals surface area contributed by atoms with Crippen LogP contribution in [0.4, 0.5) is 0 Å². The molecule has 3 rings (SSSR count). The average Bonchev–Trinajstić information content (AvgIpc) is 2.98. The molecule has 1 heterocycles. The molecule has 2 heteroatoms. The Hall–Kier alpha value is -1.05. The largest absolute Gasteiger partial charge is 0.348 e. The van der Waals surface area contributed by atoms with Gasteiger partial charge in [0.05, 0.1) is 6.33 Å². The lowest BCUT2D eigenvalue weighted by molar-refractivity contribution is 0.341. The molecular weight excluding hydrogens is 220 g/mol. The normalized spacial score (nSPS) is 28.9. The Morgan fingerprint density at radius 3 is 2.94 bits per heavy atom. The Kier molecular flexibility index (Phi) is 3.82. The van der Waals surface area contributed by atoms with Crippen LogP contribution in [0.25, 0.3) is 0 Å². The van der Waals surface area contributed by atoms with Gasteiger partial charge in [-0.15, -0.1) is 0 Å². The fourth-order valence-corrected chi connectivity index (χ4v) is 3.33. The molecule has 0 aromatic carbocycles. The minimum absolute atomic E-state index is 0.721. The van der Waals surface area contributed by atoms with Gasteiger partial charge < -0.3 is 4.98 Å². The lowest BCUT2D eigenvalue weighted by Crippen LogP contribution is -2.05. The van der Waals surface area contributed by atoms with Crippen molar-refractivity contribution >= 4 is 0 Å². The highest BCUT2D eigenvalue weighted by molar-refractivity contribution is 5.19. The molecule has 0 radical (unpaired) electrons. The van der Waals surface area contributed by atoms with Crippen molar-refractivity contribution in [2.24, 2.45) is 11.8 Å². The maximum Gasteiger partial charge on any atom is 0.0921 e. The summed E-state index contributed by atoms with van der Waals surface area (Å²) in [6.07, 6.45) is 20.0. The Morgan fingerprint density at radius 1 is 1.28 bits per heavy atom. The van der Waals surface area contributed by atoms with E-state index in [1.807, 2.05) is 6.20 Å². The van der Waals surface area contributed by atoms with E-state index >= 15 is 0 Å². The molecule has 1 N–H and O–H groups in total. The van der Waals surface area contributed by atoms with Gasteiger partial charge in [0.25, 0.3) is 0 Å². The van der Waals surface area contributed by atoms with Gasteiger partial charge in [-0.1, -0.05) is 44.3 Å². The summed E-state index contributed by atoms with van der Waals surface area (Å²) in [6, 6.07) is 0. The van der Waals surface area contributed by atoms with Crippen LogP contribution in [0.1, 0.15) is 63.0 Å². The Morgan fingerprint density at radius 2 is 2.17 bits per heavy atom. The number of hydrogen-bond donors (Lipinski definition) is 1. The van der Waals surface area contributed by atoms with Gasteiger partial charge >= 0.3 is 0 Å². The number of H-pyrrole nitrogens is 1. The minimum atomic E-state index is 0.721. The number of rotatable bonds is 5. The third-order valence-corrected chi connectivity index (χ3v) is 4.61. The number of nitrogens with one attached hydrogen (secondary N) is 1. The van der Waals surface area contributed by atoms with Gasteiger partial charge in [0.2, 0.25) is 0 Å². The Labute approximate surface area is 110 Å². The average molecular weight is 244 g/mol. The van der Waals surface area contributed by atoms with E-state index < -0.39 is 0 Å². The maximum absolute atomic E-state index is 4.10. The first-order chi connectivity index (χ1) is 8.93. The molecule has 2 nitrogen and oxygen atoms in total. The van der Waals surface area contributed by atoms with Crippen molar-refractivity contribution in [1.29, 1.82) is 0 Å². The summed E-state index contributed by atoms with van der Waals surface area (Å²) < 4.78 is 0. The lowest BCUT2D eigenvalue weighted by Gasteiger charge is -2.20. The molecule has 0 spiro atoms. The summed E-state index contributed by atoms with van der Waals surface area (Å²) in [5.41, 5.74) is 1.32. The lowest BCUT2D eigenvalue weighted by atomic mass is 9.86. The van der Waals surface area contributed by atoms with E-state index in [-0.39, 0.29) is 0 Å². The highest BCUT2D eigenvalue weighted by Gasteiger charge is 2.36. The molecule has 0 aliphatic heterocycles. The molecule has 2 atom stereocenters. The van der Waals surface area contributed by atoms with E-state index in [4.69, 9.17) is 0 Å². The van der Waals surface area contributed by atoms with Gasteiger partial charge in [0.1, 0.15) is 0 Å². The van der Waals surface area contributed by atoms with Crippen molar-refractivity contribution < 1.29 is 0 Å². The summed E-state index contributed by atoms with van der Waals surface area (Å²) >= 11 is 0. The second-order valence-corrected chi connectivity index (χ2v) is 6.02. The van der Waals surface area contributed by atoms with Gasteiger partial charge in [-0.25, -0.2) is 4.98 Å². The van der Waals surface area contributed by atoms with E-state index in [1.165, 1.54) is 57.1 Å². The number of imidazole rings is 1. The van der Waals surface area contributed by atoms with Gasteiger partial charge in [-0.2, -0.15) is 0 Å². The Bertz CT molecular complexity index is 374. The molecule has 0 amide bonds. The predicted octanol–water partition coefficient (Wildman–Crippen LogP) is 4.43. The van der Waals surface area contributed by atoms with Crippen LogP contribution >= 0.6 is 0 Å². The molecule has 0 bridgehead atoms. The van der Waals surface area contributed by atoms with Gasteiger partial charge in [0, 0.05) is 17.8 Å². The van der Waals surface area contributed by atoms with Crippen LogP contribution in [0.3, 0.4) is 0 Å². The maximum atomic E-state index is 4.10. The van der Waals surface area contributed by atoms with Crippen LogP contribution in [-0.2, 0) is 0 Å². The predicted molar refractivity (Wildman–Crippen MR) is 74.4 cm³/mol. The smallest absolute Gasteiger partial charge is 0.0921 e. The van der Waals surface area contributed by atoms with Crippen molar-refractivity contribution in [2.45, 2.75) is 57.3 Å². The van der Waals surface area contributed by atoms with Crippen LogP contribution in [-0.4, -0.2) is 9.97 Å². The monoisotopic (exact) mass is 244 g/mol. The molecule has 18 heavy (non-hydrogen) atoms. The van der Waals surface area contributed by atoms with E-state index in [0.717, 1.165) is 17.8 Å². The molecule has 1 aromatic rings. The molecule has 98 valence electrons. The molecule has 0 saturated heterocycles. The van der Waals surface area contributed by atoms with Crippen molar-refractivity contribution in [3.8, 4) is 0 Å². The molecular formula is C16H24N2. The first-order valence-electron chi connectivity index (χ1n) is 7.58. The molecule has 2 saturated carbocycles. The van der Waals surface area contributed by atoms with Crippen molar-refractivity contribution in [2.75, 3.05) is 0 Å². The summed E-state index contributed by atoms with van der Waals surface area (Å²) in [5.74, 6) is 2.52. The first-order valence-corrected chi connectivity index (χ1v) is 7.58. The van der Waals surface area contributed by atoms with Gasteiger partial charge in [-0.3, -0.25) is 0 Å². The van der Waals surface area contributed by atoms with E-state index in [0.29, 0.717) is 0 Å². The molecule has 2 aliphatic rings. The zero-order valence-corrected chi connectivity index (χ0v) is 11.1. The topological polar surface area (TPSA) is 28.7 Å². The number of allylic oxidation sites excluding steroid dienone is 2. The van der Waals surface area contributed by atoms with Crippen LogP contribution in [0.5, 0.6) is 0 Å². The Balaban J connectivity index is 1.35. The summed E-state index contributed by atoms with van der Waals surface area (Å²) in [5, 5.41) is 0. The quantitative estimate of drug-likeness (QED) is 0.763. The summed E-state index contributed by atoms with van der Waals surface area (Å²) in [6.45, 7) is 0. The first kappa shape index (κ1) is 12.0.